The number of hydrogen-bond acceptors (Lipinski definition) is 4. The Morgan fingerprint density at radius 3 is 2.85 bits per heavy atom. The summed E-state index contributed by atoms with van der Waals surface area (Å²) in [6, 6.07) is 1.32. The van der Waals surface area contributed by atoms with Crippen LogP contribution in [0, 0.1) is 11.6 Å². The average Bonchev–Trinajstić information content (AvgIpc) is 2.42. The lowest BCUT2D eigenvalue weighted by atomic mass is 10.1. The van der Waals surface area contributed by atoms with Crippen molar-refractivity contribution in [2.45, 2.75) is 19.1 Å². The van der Waals surface area contributed by atoms with E-state index < -0.39 is 23.6 Å². The van der Waals surface area contributed by atoms with E-state index in [4.69, 9.17) is 15.6 Å². The number of carbonyl (C=O) groups is 1. The SMILES string of the molecule is CC1COC(CO)CN1C(=O)c1cc(N)c(F)cc1F. The van der Waals surface area contributed by atoms with Crippen LogP contribution in [0.1, 0.15) is 17.3 Å². The van der Waals surface area contributed by atoms with Crippen molar-refractivity contribution in [1.82, 2.24) is 4.90 Å². The molecule has 5 nitrogen and oxygen atoms in total. The quantitative estimate of drug-likeness (QED) is 0.787. The fourth-order valence-electron chi connectivity index (χ4n) is 2.10. The standard InChI is InChI=1S/C13H16F2N2O3/c1-7-6-20-8(5-18)4-17(7)13(19)9-2-12(16)11(15)3-10(9)14/h2-3,7-8,18H,4-6,16H2,1H3. The molecule has 110 valence electrons. The molecular formula is C13H16F2N2O3. The molecule has 3 N–H and O–H groups in total. The topological polar surface area (TPSA) is 75.8 Å². The molecule has 2 rings (SSSR count). The van der Waals surface area contributed by atoms with Crippen molar-refractivity contribution in [3.8, 4) is 0 Å². The van der Waals surface area contributed by atoms with Gasteiger partial charge >= 0.3 is 0 Å². The monoisotopic (exact) mass is 286 g/mol. The van der Waals surface area contributed by atoms with E-state index in [1.165, 1.54) is 4.90 Å². The minimum atomic E-state index is -0.957. The summed E-state index contributed by atoms with van der Waals surface area (Å²) in [5, 5.41) is 9.08. The van der Waals surface area contributed by atoms with Gasteiger partial charge in [0.25, 0.3) is 5.91 Å². The zero-order valence-electron chi connectivity index (χ0n) is 11.0. The zero-order chi connectivity index (χ0) is 14.9. The summed E-state index contributed by atoms with van der Waals surface area (Å²) in [6.45, 7) is 1.91. The van der Waals surface area contributed by atoms with Crippen molar-refractivity contribution < 1.29 is 23.4 Å². The van der Waals surface area contributed by atoms with Crippen LogP contribution in [0.3, 0.4) is 0 Å². The van der Waals surface area contributed by atoms with Crippen molar-refractivity contribution in [1.29, 1.82) is 0 Å². The molecule has 0 spiro atoms. The molecule has 0 aromatic heterocycles. The predicted octanol–water partition coefficient (Wildman–Crippen LogP) is 0.769. The number of rotatable bonds is 2. The molecule has 1 aromatic rings. The first-order chi connectivity index (χ1) is 9.43. The third-order valence-electron chi connectivity index (χ3n) is 3.29. The van der Waals surface area contributed by atoms with Gasteiger partial charge in [-0.2, -0.15) is 0 Å². The molecule has 1 fully saturated rings. The molecule has 1 amide bonds. The van der Waals surface area contributed by atoms with Gasteiger partial charge in [-0.25, -0.2) is 8.78 Å². The Hall–Kier alpha value is -1.73. The van der Waals surface area contributed by atoms with Crippen LogP contribution in [0.25, 0.3) is 0 Å². The van der Waals surface area contributed by atoms with Gasteiger partial charge in [-0.05, 0) is 13.0 Å². The maximum Gasteiger partial charge on any atom is 0.257 e. The first-order valence-corrected chi connectivity index (χ1v) is 6.22. The van der Waals surface area contributed by atoms with Crippen molar-refractivity contribution >= 4 is 11.6 Å². The number of anilines is 1. The van der Waals surface area contributed by atoms with Crippen molar-refractivity contribution in [2.24, 2.45) is 0 Å². The number of aliphatic hydroxyl groups is 1. The van der Waals surface area contributed by atoms with Crippen LogP contribution < -0.4 is 5.73 Å². The van der Waals surface area contributed by atoms with E-state index in [9.17, 15) is 13.6 Å². The Morgan fingerprint density at radius 2 is 2.20 bits per heavy atom. The number of nitrogen functional groups attached to an aromatic ring is 1. The predicted molar refractivity (Wildman–Crippen MR) is 68.1 cm³/mol. The number of morpholine rings is 1. The van der Waals surface area contributed by atoms with Gasteiger partial charge in [0, 0.05) is 12.6 Å². The Kier molecular flexibility index (Phi) is 4.20. The van der Waals surface area contributed by atoms with Crippen molar-refractivity contribution in [3.63, 3.8) is 0 Å². The molecule has 1 heterocycles. The number of nitrogens with zero attached hydrogens (tertiary/aromatic N) is 1. The van der Waals surface area contributed by atoms with Gasteiger partial charge in [0.05, 0.1) is 36.6 Å². The Labute approximate surface area is 114 Å². The van der Waals surface area contributed by atoms with E-state index in [-0.39, 0.29) is 37.1 Å². The molecule has 0 saturated carbocycles. The van der Waals surface area contributed by atoms with E-state index in [2.05, 4.69) is 0 Å². The fourth-order valence-corrected chi connectivity index (χ4v) is 2.10. The van der Waals surface area contributed by atoms with Gasteiger partial charge in [-0.15, -0.1) is 0 Å². The largest absolute Gasteiger partial charge is 0.396 e. The van der Waals surface area contributed by atoms with Gasteiger partial charge < -0.3 is 20.5 Å². The molecule has 0 aliphatic carbocycles. The van der Waals surface area contributed by atoms with E-state index in [1.807, 2.05) is 0 Å². The normalized spacial score (nSPS) is 22.9. The molecule has 1 aromatic carbocycles. The maximum absolute atomic E-state index is 13.7. The molecule has 1 aliphatic heterocycles. The molecular weight excluding hydrogens is 270 g/mol. The highest BCUT2D eigenvalue weighted by atomic mass is 19.1. The lowest BCUT2D eigenvalue weighted by molar-refractivity contribution is -0.0668. The molecule has 2 atom stereocenters. The zero-order valence-corrected chi connectivity index (χ0v) is 11.0. The number of carbonyl (C=O) groups excluding carboxylic acids is 1. The second-order valence-electron chi connectivity index (χ2n) is 4.80. The summed E-state index contributed by atoms with van der Waals surface area (Å²) < 4.78 is 32.1. The third kappa shape index (κ3) is 2.73. The summed E-state index contributed by atoms with van der Waals surface area (Å²) in [5.74, 6) is -2.45. The van der Waals surface area contributed by atoms with E-state index in [1.54, 1.807) is 6.92 Å². The molecule has 1 saturated heterocycles. The molecule has 1 aliphatic rings. The van der Waals surface area contributed by atoms with Crippen LogP contribution in [-0.4, -0.2) is 47.8 Å². The van der Waals surface area contributed by atoms with Gasteiger partial charge in [0.1, 0.15) is 11.6 Å². The second kappa shape index (κ2) is 5.72. The Balaban J connectivity index is 2.28. The van der Waals surface area contributed by atoms with Crippen LogP contribution in [0.2, 0.25) is 0 Å². The smallest absolute Gasteiger partial charge is 0.257 e. The summed E-state index contributed by atoms with van der Waals surface area (Å²) >= 11 is 0. The number of aliphatic hydroxyl groups excluding tert-OH is 1. The molecule has 0 radical (unpaired) electrons. The minimum absolute atomic E-state index is 0.146. The first-order valence-electron chi connectivity index (χ1n) is 6.22. The lowest BCUT2D eigenvalue weighted by Crippen LogP contribution is -2.52. The molecule has 7 heteroatoms. The number of halogens is 2. The van der Waals surface area contributed by atoms with Gasteiger partial charge in [0.15, 0.2) is 0 Å². The number of amides is 1. The average molecular weight is 286 g/mol. The highest BCUT2D eigenvalue weighted by Crippen LogP contribution is 2.21. The second-order valence-corrected chi connectivity index (χ2v) is 4.80. The van der Waals surface area contributed by atoms with Gasteiger partial charge in [-0.1, -0.05) is 0 Å². The van der Waals surface area contributed by atoms with Gasteiger partial charge in [0.2, 0.25) is 0 Å². The summed E-state index contributed by atoms with van der Waals surface area (Å²) in [4.78, 5) is 13.7. The highest BCUT2D eigenvalue weighted by Gasteiger charge is 2.31. The van der Waals surface area contributed by atoms with Crippen LogP contribution >= 0.6 is 0 Å². The van der Waals surface area contributed by atoms with E-state index in [0.717, 1.165) is 6.07 Å². The van der Waals surface area contributed by atoms with Crippen LogP contribution in [-0.2, 0) is 4.74 Å². The first kappa shape index (κ1) is 14.7. The summed E-state index contributed by atoms with van der Waals surface area (Å²) in [6.07, 6.45) is -0.504. The highest BCUT2D eigenvalue weighted by molar-refractivity contribution is 5.95. The van der Waals surface area contributed by atoms with Gasteiger partial charge in [-0.3, -0.25) is 4.79 Å². The van der Waals surface area contributed by atoms with E-state index in [0.29, 0.717) is 6.07 Å². The Morgan fingerprint density at radius 1 is 1.50 bits per heavy atom. The van der Waals surface area contributed by atoms with E-state index >= 15 is 0 Å². The van der Waals surface area contributed by atoms with Crippen molar-refractivity contribution in [3.05, 3.63) is 29.3 Å². The number of hydrogen-bond donors (Lipinski definition) is 2. The van der Waals surface area contributed by atoms with Crippen LogP contribution in [0.15, 0.2) is 12.1 Å². The van der Waals surface area contributed by atoms with Crippen molar-refractivity contribution in [2.75, 3.05) is 25.5 Å². The number of benzene rings is 1. The maximum atomic E-state index is 13.7. The fraction of sp³-hybridized carbons (Fsp3) is 0.462. The molecule has 0 bridgehead atoms. The third-order valence-corrected chi connectivity index (χ3v) is 3.29. The number of ether oxygens (including phenoxy) is 1. The summed E-state index contributed by atoms with van der Waals surface area (Å²) in [7, 11) is 0. The minimum Gasteiger partial charge on any atom is -0.396 e. The Bertz CT molecular complexity index is 525. The van der Waals surface area contributed by atoms with Crippen LogP contribution in [0.5, 0.6) is 0 Å². The summed E-state index contributed by atoms with van der Waals surface area (Å²) in [5.41, 5.74) is 4.80. The van der Waals surface area contributed by atoms with Crippen LogP contribution in [0.4, 0.5) is 14.5 Å². The lowest BCUT2D eigenvalue weighted by Gasteiger charge is -2.37. The number of nitrogens with two attached hydrogens (primary N) is 1. The molecule has 20 heavy (non-hydrogen) atoms. The molecule has 2 unspecified atom stereocenters.